The molecule has 1 rings (SSSR count). The van der Waals surface area contributed by atoms with E-state index >= 15 is 0 Å². The molecule has 10 heteroatoms. The number of rotatable bonds is 4. The van der Waals surface area contributed by atoms with Gasteiger partial charge in [-0.05, 0) is 27.7 Å². The van der Waals surface area contributed by atoms with E-state index in [1.165, 1.54) is 4.90 Å². The van der Waals surface area contributed by atoms with Crippen LogP contribution >= 0.6 is 0 Å². The summed E-state index contributed by atoms with van der Waals surface area (Å²) in [5.41, 5.74) is -0.724. The van der Waals surface area contributed by atoms with Gasteiger partial charge in [0.2, 0.25) is 0 Å². The van der Waals surface area contributed by atoms with Crippen LogP contribution in [0.5, 0.6) is 0 Å². The Morgan fingerprint density at radius 2 is 1.88 bits per heavy atom. The van der Waals surface area contributed by atoms with Crippen LogP contribution in [0.15, 0.2) is 12.3 Å². The lowest BCUT2D eigenvalue weighted by molar-refractivity contribution is -0.115. The lowest BCUT2D eigenvalue weighted by Gasteiger charge is -2.39. The predicted octanol–water partition coefficient (Wildman–Crippen LogP) is -0.296. The molecule has 0 bridgehead atoms. The van der Waals surface area contributed by atoms with Crippen molar-refractivity contribution in [1.82, 2.24) is 15.5 Å². The summed E-state index contributed by atoms with van der Waals surface area (Å²) in [6.07, 6.45) is -1.07. The number of hydrogen-bond acceptors (Lipinski definition) is 7. The molecule has 4 amide bonds. The highest BCUT2D eigenvalue weighted by atomic mass is 16.6. The molecule has 0 aliphatic carbocycles. The molecule has 0 aromatic carbocycles. The molecule has 10 nitrogen and oxygen atoms in total. The van der Waals surface area contributed by atoms with Gasteiger partial charge in [-0.1, -0.05) is 0 Å². The van der Waals surface area contributed by atoms with Crippen molar-refractivity contribution in [3.05, 3.63) is 12.3 Å². The standard InChI is InChI=1S/C16H27N3O7/c1-5-25-7-6-12(21)18-14(23)17-10-8-19(9-11(20)13(10)22)15(24)26-16(2,3)4/h6-7,10-11,13,20,22H,5,8-9H2,1-4H3,(H2,17,18,21,23)/b7-6+/t10-,11-,13+/m1/s1. The zero-order chi connectivity index (χ0) is 19.9. The van der Waals surface area contributed by atoms with Crippen LogP contribution in [-0.4, -0.2) is 76.7 Å². The molecule has 0 spiro atoms. The Kier molecular flexibility index (Phi) is 7.84. The Morgan fingerprint density at radius 3 is 2.46 bits per heavy atom. The second-order valence-electron chi connectivity index (χ2n) is 6.77. The topological polar surface area (TPSA) is 137 Å². The number of aliphatic hydroxyl groups excluding tert-OH is 2. The van der Waals surface area contributed by atoms with Gasteiger partial charge in [0.1, 0.15) is 11.7 Å². The summed E-state index contributed by atoms with van der Waals surface area (Å²) >= 11 is 0. The van der Waals surface area contributed by atoms with Crippen LogP contribution < -0.4 is 10.6 Å². The summed E-state index contributed by atoms with van der Waals surface area (Å²) in [7, 11) is 0. The van der Waals surface area contributed by atoms with Crippen molar-refractivity contribution in [1.29, 1.82) is 0 Å². The van der Waals surface area contributed by atoms with E-state index in [2.05, 4.69) is 5.32 Å². The summed E-state index contributed by atoms with van der Waals surface area (Å²) in [5.74, 6) is -0.717. The first-order valence-corrected chi connectivity index (χ1v) is 8.27. The number of β-amino-alcohol motifs (C(OH)–C–C–N with tert-alkyl or cyclic N) is 1. The van der Waals surface area contributed by atoms with E-state index < -0.39 is 41.9 Å². The van der Waals surface area contributed by atoms with Crippen molar-refractivity contribution < 1.29 is 34.1 Å². The third-order valence-corrected chi connectivity index (χ3v) is 3.32. The van der Waals surface area contributed by atoms with Crippen molar-refractivity contribution >= 4 is 18.0 Å². The van der Waals surface area contributed by atoms with Crippen LogP contribution in [-0.2, 0) is 14.3 Å². The molecule has 1 heterocycles. The molecule has 4 N–H and O–H groups in total. The van der Waals surface area contributed by atoms with E-state index in [1.54, 1.807) is 27.7 Å². The van der Waals surface area contributed by atoms with Gasteiger partial charge in [-0.3, -0.25) is 10.1 Å². The highest BCUT2D eigenvalue weighted by Crippen LogP contribution is 2.16. The molecule has 0 aromatic heterocycles. The number of hydrogen-bond donors (Lipinski definition) is 4. The maximum Gasteiger partial charge on any atom is 0.410 e. The minimum Gasteiger partial charge on any atom is -0.501 e. The molecule has 0 radical (unpaired) electrons. The van der Waals surface area contributed by atoms with Gasteiger partial charge in [-0.25, -0.2) is 9.59 Å². The van der Waals surface area contributed by atoms with Gasteiger partial charge in [-0.2, -0.15) is 0 Å². The number of piperidine rings is 1. The van der Waals surface area contributed by atoms with Crippen molar-refractivity contribution in [2.45, 2.75) is 51.5 Å². The molecular formula is C16H27N3O7. The summed E-state index contributed by atoms with van der Waals surface area (Å²) in [4.78, 5) is 36.7. The zero-order valence-corrected chi connectivity index (χ0v) is 15.4. The predicted molar refractivity (Wildman–Crippen MR) is 91.0 cm³/mol. The summed E-state index contributed by atoms with van der Waals surface area (Å²) in [6, 6.07) is -1.85. The maximum absolute atomic E-state index is 12.1. The molecule has 3 atom stereocenters. The average molecular weight is 373 g/mol. The molecule has 26 heavy (non-hydrogen) atoms. The van der Waals surface area contributed by atoms with E-state index in [4.69, 9.17) is 9.47 Å². The van der Waals surface area contributed by atoms with Crippen molar-refractivity contribution in [2.24, 2.45) is 0 Å². The zero-order valence-electron chi connectivity index (χ0n) is 15.4. The first kappa shape index (κ1) is 21.7. The smallest absolute Gasteiger partial charge is 0.410 e. The Hall–Kier alpha value is -2.33. The Labute approximate surface area is 152 Å². The highest BCUT2D eigenvalue weighted by Gasteiger charge is 2.39. The second kappa shape index (κ2) is 9.39. The van der Waals surface area contributed by atoms with Crippen LogP contribution in [0.4, 0.5) is 9.59 Å². The number of aliphatic hydroxyl groups is 2. The SMILES string of the molecule is CCO/C=C/C(=O)NC(=O)N[C@@H]1CN(C(=O)OC(C)(C)C)C[C@@H](O)[C@H]1O. The number of imide groups is 1. The monoisotopic (exact) mass is 373 g/mol. The van der Waals surface area contributed by atoms with Gasteiger partial charge in [0.25, 0.3) is 5.91 Å². The van der Waals surface area contributed by atoms with Crippen LogP contribution in [0, 0.1) is 0 Å². The highest BCUT2D eigenvalue weighted by molar-refractivity contribution is 6.00. The van der Waals surface area contributed by atoms with Crippen LogP contribution in [0.1, 0.15) is 27.7 Å². The van der Waals surface area contributed by atoms with E-state index in [-0.39, 0.29) is 13.1 Å². The molecule has 0 aromatic rings. The lowest BCUT2D eigenvalue weighted by Crippen LogP contribution is -2.63. The number of urea groups is 1. The van der Waals surface area contributed by atoms with Gasteiger partial charge >= 0.3 is 12.1 Å². The number of likely N-dealkylation sites (tertiary alicyclic amines) is 1. The first-order valence-electron chi connectivity index (χ1n) is 8.27. The molecule has 1 aliphatic heterocycles. The summed E-state index contributed by atoms with van der Waals surface area (Å²) < 4.78 is 10.1. The minimum absolute atomic E-state index is 0.0798. The van der Waals surface area contributed by atoms with Crippen LogP contribution in [0.2, 0.25) is 0 Å². The number of ether oxygens (including phenoxy) is 2. The maximum atomic E-state index is 12.1. The molecular weight excluding hydrogens is 346 g/mol. The van der Waals surface area contributed by atoms with Gasteiger partial charge < -0.3 is 29.9 Å². The lowest BCUT2D eigenvalue weighted by atomic mass is 10.00. The fourth-order valence-electron chi connectivity index (χ4n) is 2.19. The second-order valence-corrected chi connectivity index (χ2v) is 6.77. The van der Waals surface area contributed by atoms with E-state index in [1.807, 2.05) is 5.32 Å². The fraction of sp³-hybridized carbons (Fsp3) is 0.688. The van der Waals surface area contributed by atoms with Gasteiger partial charge in [0.15, 0.2) is 0 Å². The van der Waals surface area contributed by atoms with Crippen molar-refractivity contribution in [2.75, 3.05) is 19.7 Å². The Bertz CT molecular complexity index is 544. The number of carbonyl (C=O) groups excluding carboxylic acids is 3. The summed E-state index contributed by atoms with van der Waals surface area (Å²) in [6.45, 7) is 7.00. The van der Waals surface area contributed by atoms with Crippen molar-refractivity contribution in [3.8, 4) is 0 Å². The number of carbonyl (C=O) groups is 3. The summed E-state index contributed by atoms with van der Waals surface area (Å²) in [5, 5.41) is 24.4. The molecule has 148 valence electrons. The third-order valence-electron chi connectivity index (χ3n) is 3.32. The normalized spacial score (nSPS) is 23.5. The van der Waals surface area contributed by atoms with Crippen molar-refractivity contribution in [3.63, 3.8) is 0 Å². The van der Waals surface area contributed by atoms with Gasteiger partial charge in [0, 0.05) is 12.6 Å². The quantitative estimate of drug-likeness (QED) is 0.392. The molecule has 1 aliphatic rings. The molecule has 0 saturated carbocycles. The van der Waals surface area contributed by atoms with Crippen LogP contribution in [0.25, 0.3) is 0 Å². The minimum atomic E-state index is -1.30. The fourth-order valence-corrected chi connectivity index (χ4v) is 2.19. The number of nitrogens with one attached hydrogen (secondary N) is 2. The van der Waals surface area contributed by atoms with E-state index in [0.717, 1.165) is 12.3 Å². The van der Waals surface area contributed by atoms with E-state index in [9.17, 15) is 24.6 Å². The third kappa shape index (κ3) is 7.28. The first-order chi connectivity index (χ1) is 12.0. The molecule has 1 saturated heterocycles. The largest absolute Gasteiger partial charge is 0.501 e. The number of amides is 4. The van der Waals surface area contributed by atoms with Gasteiger partial charge in [-0.15, -0.1) is 0 Å². The van der Waals surface area contributed by atoms with Crippen LogP contribution in [0.3, 0.4) is 0 Å². The van der Waals surface area contributed by atoms with E-state index in [0.29, 0.717) is 6.61 Å². The molecule has 0 unspecified atom stereocenters. The Balaban J connectivity index is 2.64. The Morgan fingerprint density at radius 1 is 1.23 bits per heavy atom. The molecule has 1 fully saturated rings. The van der Waals surface area contributed by atoms with Gasteiger partial charge in [0.05, 0.1) is 31.6 Å². The average Bonchev–Trinajstić information content (AvgIpc) is 2.50. The number of nitrogens with zero attached hydrogens (tertiary/aromatic N) is 1.